The van der Waals surface area contributed by atoms with Crippen LogP contribution in [0.25, 0.3) is 0 Å². The van der Waals surface area contributed by atoms with Crippen LogP contribution in [0.4, 0.5) is 5.82 Å². The van der Waals surface area contributed by atoms with Crippen molar-refractivity contribution in [2.75, 3.05) is 5.43 Å². The highest BCUT2D eigenvalue weighted by atomic mass is 32.2. The zero-order chi connectivity index (χ0) is 14.9. The molecule has 0 bridgehead atoms. The van der Waals surface area contributed by atoms with Gasteiger partial charge in [0.15, 0.2) is 0 Å². The number of nitrogens with two attached hydrogens (primary N) is 1. The summed E-state index contributed by atoms with van der Waals surface area (Å²) < 4.78 is 5.56. The SMILES string of the molecule is Cc1nc(Sc2cc(NN)nc(C(C)(C)C)n2)oc1C. The molecule has 0 atom stereocenters. The summed E-state index contributed by atoms with van der Waals surface area (Å²) in [5.74, 6) is 7.57. The summed E-state index contributed by atoms with van der Waals surface area (Å²) in [6, 6.07) is 1.77. The minimum Gasteiger partial charge on any atom is -0.436 e. The summed E-state index contributed by atoms with van der Waals surface area (Å²) in [7, 11) is 0. The van der Waals surface area contributed by atoms with E-state index in [0.29, 0.717) is 11.0 Å². The van der Waals surface area contributed by atoms with E-state index >= 15 is 0 Å². The van der Waals surface area contributed by atoms with Crippen LogP contribution in [0.3, 0.4) is 0 Å². The molecule has 20 heavy (non-hydrogen) atoms. The van der Waals surface area contributed by atoms with Gasteiger partial charge in [0.25, 0.3) is 5.22 Å². The molecule has 6 nitrogen and oxygen atoms in total. The fraction of sp³-hybridized carbons (Fsp3) is 0.462. The van der Waals surface area contributed by atoms with Gasteiger partial charge >= 0.3 is 0 Å². The van der Waals surface area contributed by atoms with Crippen LogP contribution in [0.2, 0.25) is 0 Å². The molecule has 0 aliphatic heterocycles. The van der Waals surface area contributed by atoms with Crippen LogP contribution in [0.5, 0.6) is 0 Å². The predicted octanol–water partition coefficient (Wildman–Crippen LogP) is 2.82. The quantitative estimate of drug-likeness (QED) is 0.511. The van der Waals surface area contributed by atoms with Gasteiger partial charge in [0.05, 0.1) is 5.69 Å². The van der Waals surface area contributed by atoms with E-state index in [4.69, 9.17) is 10.3 Å². The first kappa shape index (κ1) is 14.8. The number of nitrogen functional groups attached to an aromatic ring is 1. The molecule has 0 amide bonds. The van der Waals surface area contributed by atoms with Crippen LogP contribution in [0, 0.1) is 13.8 Å². The summed E-state index contributed by atoms with van der Waals surface area (Å²) >= 11 is 1.36. The molecule has 0 aromatic carbocycles. The topological polar surface area (TPSA) is 89.9 Å². The van der Waals surface area contributed by atoms with Gasteiger partial charge in [-0.2, -0.15) is 0 Å². The van der Waals surface area contributed by atoms with Crippen molar-refractivity contribution in [3.8, 4) is 0 Å². The third-order valence-corrected chi connectivity index (χ3v) is 3.49. The van der Waals surface area contributed by atoms with Gasteiger partial charge in [-0.15, -0.1) is 0 Å². The number of nitrogens with zero attached hydrogens (tertiary/aromatic N) is 3. The highest BCUT2D eigenvalue weighted by Crippen LogP contribution is 2.30. The average molecular weight is 293 g/mol. The van der Waals surface area contributed by atoms with E-state index in [1.54, 1.807) is 6.07 Å². The number of aryl methyl sites for hydroxylation is 2. The number of hydrogen-bond acceptors (Lipinski definition) is 7. The standard InChI is InChI=1S/C13H19N5OS/c1-7-8(2)19-12(15-7)20-10-6-9(18-14)16-11(17-10)13(3,4)5/h6H,14H2,1-5H3,(H,16,17,18). The summed E-state index contributed by atoms with van der Waals surface area (Å²) in [4.78, 5) is 13.3. The maximum Gasteiger partial charge on any atom is 0.262 e. The minimum absolute atomic E-state index is 0.162. The molecule has 0 spiro atoms. The Morgan fingerprint density at radius 3 is 2.40 bits per heavy atom. The molecule has 0 radical (unpaired) electrons. The van der Waals surface area contributed by atoms with Crippen molar-refractivity contribution >= 4 is 17.6 Å². The molecule has 3 N–H and O–H groups in total. The maximum atomic E-state index is 5.56. The monoisotopic (exact) mass is 293 g/mol. The van der Waals surface area contributed by atoms with Gasteiger partial charge in [0.1, 0.15) is 22.4 Å². The number of aromatic nitrogens is 3. The third kappa shape index (κ3) is 3.29. The molecule has 7 heteroatoms. The lowest BCUT2D eigenvalue weighted by atomic mass is 9.96. The molecule has 0 aliphatic rings. The first-order chi connectivity index (χ1) is 9.29. The van der Waals surface area contributed by atoms with Crippen molar-refractivity contribution in [2.24, 2.45) is 5.84 Å². The lowest BCUT2D eigenvalue weighted by Crippen LogP contribution is -2.19. The molecule has 2 aromatic heterocycles. The van der Waals surface area contributed by atoms with Gasteiger partial charge in [-0.05, 0) is 25.6 Å². The van der Waals surface area contributed by atoms with Crippen molar-refractivity contribution in [1.29, 1.82) is 0 Å². The molecule has 0 aliphatic carbocycles. The largest absolute Gasteiger partial charge is 0.436 e. The number of nitrogens with one attached hydrogen (secondary N) is 1. The summed E-state index contributed by atoms with van der Waals surface area (Å²) in [6.07, 6.45) is 0. The lowest BCUT2D eigenvalue weighted by molar-refractivity contribution is 0.430. The molecule has 0 saturated carbocycles. The smallest absolute Gasteiger partial charge is 0.262 e. The van der Waals surface area contributed by atoms with Crippen LogP contribution in [0.15, 0.2) is 20.7 Å². The second-order valence-corrected chi connectivity index (χ2v) is 6.50. The molecular formula is C13H19N5OS. The van der Waals surface area contributed by atoms with Crippen LogP contribution < -0.4 is 11.3 Å². The molecular weight excluding hydrogens is 274 g/mol. The Morgan fingerprint density at radius 2 is 1.90 bits per heavy atom. The first-order valence-corrected chi connectivity index (χ1v) is 7.09. The van der Waals surface area contributed by atoms with E-state index in [1.165, 1.54) is 11.8 Å². The summed E-state index contributed by atoms with van der Waals surface area (Å²) in [6.45, 7) is 9.96. The Morgan fingerprint density at radius 1 is 1.20 bits per heavy atom. The van der Waals surface area contributed by atoms with Crippen LogP contribution in [-0.4, -0.2) is 15.0 Å². The Labute approximate surface area is 122 Å². The number of rotatable bonds is 3. The van der Waals surface area contributed by atoms with E-state index in [1.807, 2.05) is 13.8 Å². The van der Waals surface area contributed by atoms with E-state index in [9.17, 15) is 0 Å². The van der Waals surface area contributed by atoms with Crippen LogP contribution in [-0.2, 0) is 5.41 Å². The minimum atomic E-state index is -0.162. The lowest BCUT2D eigenvalue weighted by Gasteiger charge is -2.17. The third-order valence-electron chi connectivity index (χ3n) is 2.72. The van der Waals surface area contributed by atoms with Crippen molar-refractivity contribution in [2.45, 2.75) is 50.3 Å². The zero-order valence-electron chi connectivity index (χ0n) is 12.3. The Hall–Kier alpha value is -1.60. The average Bonchev–Trinajstić information content (AvgIpc) is 2.66. The van der Waals surface area contributed by atoms with Crippen molar-refractivity contribution < 1.29 is 4.42 Å². The fourth-order valence-corrected chi connectivity index (χ4v) is 2.29. The number of hydrogen-bond donors (Lipinski definition) is 2. The van der Waals surface area contributed by atoms with Gasteiger partial charge in [-0.25, -0.2) is 20.8 Å². The Kier molecular flexibility index (Phi) is 4.01. The van der Waals surface area contributed by atoms with Crippen LogP contribution >= 0.6 is 11.8 Å². The number of hydrazine groups is 1. The first-order valence-electron chi connectivity index (χ1n) is 6.27. The van der Waals surface area contributed by atoms with Gasteiger partial charge < -0.3 is 9.84 Å². The summed E-state index contributed by atoms with van der Waals surface area (Å²) in [5, 5.41) is 1.32. The highest BCUT2D eigenvalue weighted by molar-refractivity contribution is 7.99. The molecule has 2 rings (SSSR count). The maximum absolute atomic E-state index is 5.56. The van der Waals surface area contributed by atoms with E-state index < -0.39 is 0 Å². The fourth-order valence-electron chi connectivity index (χ4n) is 1.46. The van der Waals surface area contributed by atoms with E-state index in [0.717, 1.165) is 22.3 Å². The molecule has 0 fully saturated rings. The van der Waals surface area contributed by atoms with Crippen molar-refractivity contribution in [3.63, 3.8) is 0 Å². The Balaban J connectivity index is 2.36. The Bertz CT molecular complexity index is 598. The van der Waals surface area contributed by atoms with Crippen molar-refractivity contribution in [1.82, 2.24) is 15.0 Å². The molecule has 0 unspecified atom stereocenters. The van der Waals surface area contributed by atoms with E-state index in [2.05, 4.69) is 41.1 Å². The summed E-state index contributed by atoms with van der Waals surface area (Å²) in [5.41, 5.74) is 3.29. The molecule has 108 valence electrons. The van der Waals surface area contributed by atoms with Gasteiger partial charge in [0.2, 0.25) is 0 Å². The normalized spacial score (nSPS) is 11.7. The predicted molar refractivity (Wildman–Crippen MR) is 78.6 cm³/mol. The second-order valence-electron chi connectivity index (χ2n) is 5.53. The highest BCUT2D eigenvalue weighted by Gasteiger charge is 2.20. The van der Waals surface area contributed by atoms with Gasteiger partial charge in [0, 0.05) is 11.5 Å². The molecule has 2 aromatic rings. The van der Waals surface area contributed by atoms with Crippen molar-refractivity contribution in [3.05, 3.63) is 23.3 Å². The number of oxazole rings is 1. The molecule has 2 heterocycles. The number of anilines is 1. The second kappa shape index (κ2) is 5.41. The van der Waals surface area contributed by atoms with Gasteiger partial charge in [-0.1, -0.05) is 20.8 Å². The zero-order valence-corrected chi connectivity index (χ0v) is 13.1. The van der Waals surface area contributed by atoms with Crippen LogP contribution in [0.1, 0.15) is 38.0 Å². The van der Waals surface area contributed by atoms with E-state index in [-0.39, 0.29) is 5.41 Å². The molecule has 0 saturated heterocycles. The van der Waals surface area contributed by atoms with Gasteiger partial charge in [-0.3, -0.25) is 0 Å².